The smallest absolute Gasteiger partial charge is 0.273 e. The van der Waals surface area contributed by atoms with Crippen molar-refractivity contribution >= 4 is 34.2 Å². The number of aromatic nitrogens is 1. The van der Waals surface area contributed by atoms with Gasteiger partial charge in [0.15, 0.2) is 0 Å². The van der Waals surface area contributed by atoms with Crippen LogP contribution in [0.5, 0.6) is 0 Å². The molecule has 0 fully saturated rings. The van der Waals surface area contributed by atoms with Crippen LogP contribution in [-0.4, -0.2) is 16.8 Å². The van der Waals surface area contributed by atoms with Gasteiger partial charge in [-0.25, -0.2) is 4.98 Å². The Hall–Kier alpha value is -4.16. The molecule has 0 radical (unpaired) electrons. The monoisotopic (exact) mass is 451 g/mol. The summed E-state index contributed by atoms with van der Waals surface area (Å²) in [7, 11) is 0. The standard InChI is InChI=1S/C27H21N3O2S/c31-26(21-14-6-2-7-15-21)30-24(27(32)29-22-16-8-3-9-17-22)25(20-12-4-1-5-13-20)33-23-18-10-11-19-28-23/h1-19H,(H,29,32)(H,30,31)/b25-24-. The Labute approximate surface area is 196 Å². The van der Waals surface area contributed by atoms with Crippen molar-refractivity contribution in [2.75, 3.05) is 5.32 Å². The number of carbonyl (C=O) groups excluding carboxylic acids is 2. The molecule has 0 saturated carbocycles. The van der Waals surface area contributed by atoms with Crippen molar-refractivity contribution in [3.63, 3.8) is 0 Å². The summed E-state index contributed by atoms with van der Waals surface area (Å²) >= 11 is 1.32. The van der Waals surface area contributed by atoms with Crippen LogP contribution in [0.3, 0.4) is 0 Å². The molecule has 2 N–H and O–H groups in total. The maximum Gasteiger partial charge on any atom is 0.273 e. The molecule has 0 aliphatic heterocycles. The Morgan fingerprint density at radius 1 is 0.667 bits per heavy atom. The minimum atomic E-state index is -0.423. The van der Waals surface area contributed by atoms with Crippen molar-refractivity contribution in [3.05, 3.63) is 132 Å². The van der Waals surface area contributed by atoms with E-state index in [4.69, 9.17) is 0 Å². The predicted octanol–water partition coefficient (Wildman–Crippen LogP) is 5.61. The fourth-order valence-electron chi connectivity index (χ4n) is 3.06. The van der Waals surface area contributed by atoms with Crippen LogP contribution in [0.2, 0.25) is 0 Å². The van der Waals surface area contributed by atoms with Crippen LogP contribution in [-0.2, 0) is 4.79 Å². The summed E-state index contributed by atoms with van der Waals surface area (Å²) in [6, 6.07) is 33.0. The van der Waals surface area contributed by atoms with Crippen molar-refractivity contribution < 1.29 is 9.59 Å². The molecule has 1 aromatic heterocycles. The van der Waals surface area contributed by atoms with E-state index in [2.05, 4.69) is 15.6 Å². The van der Waals surface area contributed by atoms with Gasteiger partial charge in [0.1, 0.15) is 10.7 Å². The van der Waals surface area contributed by atoms with Gasteiger partial charge in [0.05, 0.1) is 4.91 Å². The SMILES string of the molecule is O=C(Nc1ccccc1)/C(NC(=O)c1ccccc1)=C(/Sc1ccccn1)c1ccccc1. The van der Waals surface area contributed by atoms with E-state index in [9.17, 15) is 9.59 Å². The zero-order valence-electron chi connectivity index (χ0n) is 17.6. The second kappa shape index (κ2) is 10.9. The van der Waals surface area contributed by atoms with Gasteiger partial charge < -0.3 is 10.6 Å². The molecule has 0 saturated heterocycles. The molecule has 0 unspecified atom stereocenters. The minimum absolute atomic E-state index is 0.148. The number of anilines is 1. The van der Waals surface area contributed by atoms with Gasteiger partial charge in [-0.1, -0.05) is 84.6 Å². The van der Waals surface area contributed by atoms with Crippen LogP contribution in [0.15, 0.2) is 126 Å². The number of hydrogen-bond donors (Lipinski definition) is 2. The molecule has 6 heteroatoms. The second-order valence-corrected chi connectivity index (χ2v) is 8.01. The van der Waals surface area contributed by atoms with Crippen molar-refractivity contribution in [2.24, 2.45) is 0 Å². The average molecular weight is 452 g/mol. The number of para-hydroxylation sites is 1. The number of benzene rings is 3. The van der Waals surface area contributed by atoms with Crippen molar-refractivity contribution in [1.82, 2.24) is 10.3 Å². The fraction of sp³-hybridized carbons (Fsp3) is 0. The first-order chi connectivity index (χ1) is 16.2. The molecular weight excluding hydrogens is 430 g/mol. The molecule has 33 heavy (non-hydrogen) atoms. The summed E-state index contributed by atoms with van der Waals surface area (Å²) in [4.78, 5) is 31.5. The molecule has 2 amide bonds. The van der Waals surface area contributed by atoms with E-state index in [1.807, 2.05) is 72.8 Å². The Kier molecular flexibility index (Phi) is 7.30. The number of carbonyl (C=O) groups is 2. The lowest BCUT2D eigenvalue weighted by atomic mass is 10.1. The molecule has 1 heterocycles. The first-order valence-electron chi connectivity index (χ1n) is 10.3. The summed E-state index contributed by atoms with van der Waals surface area (Å²) in [5, 5.41) is 6.45. The number of nitrogens with one attached hydrogen (secondary N) is 2. The van der Waals surface area contributed by atoms with E-state index >= 15 is 0 Å². The summed E-state index contributed by atoms with van der Waals surface area (Å²) in [5.74, 6) is -0.795. The zero-order chi connectivity index (χ0) is 22.9. The Bertz CT molecular complexity index is 1250. The Morgan fingerprint density at radius 2 is 1.24 bits per heavy atom. The van der Waals surface area contributed by atoms with E-state index in [-0.39, 0.29) is 11.6 Å². The fourth-order valence-corrected chi connectivity index (χ4v) is 4.03. The highest BCUT2D eigenvalue weighted by atomic mass is 32.2. The van der Waals surface area contributed by atoms with Crippen LogP contribution in [0.4, 0.5) is 5.69 Å². The van der Waals surface area contributed by atoms with E-state index in [1.165, 1.54) is 11.8 Å². The van der Waals surface area contributed by atoms with Gasteiger partial charge in [-0.2, -0.15) is 0 Å². The highest BCUT2D eigenvalue weighted by molar-refractivity contribution is 8.08. The molecule has 5 nitrogen and oxygen atoms in total. The van der Waals surface area contributed by atoms with Gasteiger partial charge >= 0.3 is 0 Å². The molecule has 0 spiro atoms. The predicted molar refractivity (Wildman–Crippen MR) is 132 cm³/mol. The normalized spacial score (nSPS) is 11.3. The lowest BCUT2D eigenvalue weighted by Crippen LogP contribution is -2.31. The molecule has 0 atom stereocenters. The Balaban J connectivity index is 1.80. The molecule has 0 aliphatic rings. The topological polar surface area (TPSA) is 71.1 Å². The molecule has 162 valence electrons. The number of thioether (sulfide) groups is 1. The van der Waals surface area contributed by atoms with Crippen LogP contribution >= 0.6 is 11.8 Å². The van der Waals surface area contributed by atoms with E-state index in [1.54, 1.807) is 42.6 Å². The average Bonchev–Trinajstić information content (AvgIpc) is 2.88. The van der Waals surface area contributed by atoms with Gasteiger partial charge in [0.25, 0.3) is 11.8 Å². The number of nitrogens with zero attached hydrogens (tertiary/aromatic N) is 1. The molecule has 4 rings (SSSR count). The van der Waals surface area contributed by atoms with E-state index < -0.39 is 5.91 Å². The Morgan fingerprint density at radius 3 is 1.85 bits per heavy atom. The maximum absolute atomic E-state index is 13.5. The minimum Gasteiger partial charge on any atom is -0.321 e. The summed E-state index contributed by atoms with van der Waals surface area (Å²) < 4.78 is 0. The number of amides is 2. The van der Waals surface area contributed by atoms with Gasteiger partial charge in [-0.15, -0.1) is 0 Å². The number of pyridine rings is 1. The molecule has 0 bridgehead atoms. The molecular formula is C27H21N3O2S. The highest BCUT2D eigenvalue weighted by Gasteiger charge is 2.22. The number of hydrogen-bond acceptors (Lipinski definition) is 4. The third-order valence-corrected chi connectivity index (χ3v) is 5.74. The first kappa shape index (κ1) is 22.0. The van der Waals surface area contributed by atoms with E-state index in [0.29, 0.717) is 21.2 Å². The largest absolute Gasteiger partial charge is 0.321 e. The van der Waals surface area contributed by atoms with Crippen molar-refractivity contribution in [1.29, 1.82) is 0 Å². The third-order valence-electron chi connectivity index (χ3n) is 4.64. The van der Waals surface area contributed by atoms with Crippen LogP contribution in [0, 0.1) is 0 Å². The molecule has 0 aliphatic carbocycles. The van der Waals surface area contributed by atoms with Crippen LogP contribution in [0.25, 0.3) is 4.91 Å². The lowest BCUT2D eigenvalue weighted by Gasteiger charge is -2.17. The van der Waals surface area contributed by atoms with Gasteiger partial charge in [-0.05, 0) is 42.0 Å². The second-order valence-electron chi connectivity index (χ2n) is 6.98. The molecule has 4 aromatic rings. The van der Waals surface area contributed by atoms with Gasteiger partial charge in [0, 0.05) is 17.4 Å². The quantitative estimate of drug-likeness (QED) is 0.283. The lowest BCUT2D eigenvalue weighted by molar-refractivity contribution is -0.113. The summed E-state index contributed by atoms with van der Waals surface area (Å²) in [5.41, 5.74) is 2.02. The number of rotatable bonds is 7. The van der Waals surface area contributed by atoms with Crippen molar-refractivity contribution in [2.45, 2.75) is 5.03 Å². The third kappa shape index (κ3) is 5.96. The summed E-state index contributed by atoms with van der Waals surface area (Å²) in [6.45, 7) is 0. The van der Waals surface area contributed by atoms with E-state index in [0.717, 1.165) is 5.56 Å². The zero-order valence-corrected chi connectivity index (χ0v) is 18.5. The van der Waals surface area contributed by atoms with Crippen LogP contribution in [0.1, 0.15) is 15.9 Å². The highest BCUT2D eigenvalue weighted by Crippen LogP contribution is 2.35. The first-order valence-corrected chi connectivity index (χ1v) is 11.1. The van der Waals surface area contributed by atoms with Gasteiger partial charge in [0.2, 0.25) is 0 Å². The van der Waals surface area contributed by atoms with Gasteiger partial charge in [-0.3, -0.25) is 9.59 Å². The maximum atomic E-state index is 13.5. The summed E-state index contributed by atoms with van der Waals surface area (Å²) in [6.07, 6.45) is 1.69. The van der Waals surface area contributed by atoms with Crippen molar-refractivity contribution in [3.8, 4) is 0 Å². The van der Waals surface area contributed by atoms with Crippen LogP contribution < -0.4 is 10.6 Å². The molecule has 3 aromatic carbocycles.